The van der Waals surface area contributed by atoms with E-state index in [4.69, 9.17) is 9.47 Å². The monoisotopic (exact) mass is 356 g/mol. The van der Waals surface area contributed by atoms with Gasteiger partial charge in [-0.25, -0.2) is 0 Å². The molecule has 0 unspecified atom stereocenters. The van der Waals surface area contributed by atoms with Crippen LogP contribution in [0, 0.1) is 0 Å². The average molecular weight is 356 g/mol. The van der Waals surface area contributed by atoms with E-state index in [1.807, 2.05) is 48.5 Å². The summed E-state index contributed by atoms with van der Waals surface area (Å²) < 4.78 is 10.5. The Hall–Kier alpha value is -3.02. The lowest BCUT2D eigenvalue weighted by atomic mass is 10.1. The van der Waals surface area contributed by atoms with Gasteiger partial charge in [-0.15, -0.1) is 0 Å². The van der Waals surface area contributed by atoms with Gasteiger partial charge in [0, 0.05) is 18.7 Å². The molecule has 138 valence electrons. The van der Waals surface area contributed by atoms with E-state index >= 15 is 0 Å². The van der Waals surface area contributed by atoms with Gasteiger partial charge < -0.3 is 20.1 Å². The lowest BCUT2D eigenvalue weighted by molar-refractivity contribution is -0.129. The molecule has 2 rings (SSSR count). The molecule has 2 aromatic carbocycles. The number of carbonyl (C=O) groups excluding carboxylic acids is 2. The van der Waals surface area contributed by atoms with Crippen molar-refractivity contribution >= 4 is 11.8 Å². The molecule has 0 saturated heterocycles. The number of hydrogen-bond acceptors (Lipinski definition) is 4. The summed E-state index contributed by atoms with van der Waals surface area (Å²) in [7, 11) is 3.19. The van der Waals surface area contributed by atoms with Crippen molar-refractivity contribution in [3.8, 4) is 11.5 Å². The largest absolute Gasteiger partial charge is 0.496 e. The molecule has 0 bridgehead atoms. The van der Waals surface area contributed by atoms with Crippen molar-refractivity contribution in [2.45, 2.75) is 19.4 Å². The summed E-state index contributed by atoms with van der Waals surface area (Å²) in [6.45, 7) is 0.760. The van der Waals surface area contributed by atoms with Crippen LogP contribution in [0.4, 0.5) is 0 Å². The molecule has 26 heavy (non-hydrogen) atoms. The first-order valence-electron chi connectivity index (χ1n) is 8.41. The van der Waals surface area contributed by atoms with E-state index in [2.05, 4.69) is 10.6 Å². The first-order valence-corrected chi connectivity index (χ1v) is 8.41. The summed E-state index contributed by atoms with van der Waals surface area (Å²) in [5.74, 6) is 0.855. The van der Waals surface area contributed by atoms with E-state index in [-0.39, 0.29) is 18.2 Å². The molecule has 0 atom stereocenters. The second kappa shape index (κ2) is 10.1. The topological polar surface area (TPSA) is 76.7 Å². The molecule has 0 spiro atoms. The van der Waals surface area contributed by atoms with Crippen LogP contribution in [0.3, 0.4) is 0 Å². The second-order valence-corrected chi connectivity index (χ2v) is 5.68. The van der Waals surface area contributed by atoms with Gasteiger partial charge in [0.1, 0.15) is 17.9 Å². The second-order valence-electron chi connectivity index (χ2n) is 5.68. The molecule has 0 fully saturated rings. The summed E-state index contributed by atoms with van der Waals surface area (Å²) in [6.07, 6.45) is 0.430. The zero-order valence-corrected chi connectivity index (χ0v) is 15.1. The molecule has 0 heterocycles. The van der Waals surface area contributed by atoms with Crippen molar-refractivity contribution in [1.29, 1.82) is 0 Å². The van der Waals surface area contributed by atoms with E-state index in [0.29, 0.717) is 25.3 Å². The number of amides is 2. The third kappa shape index (κ3) is 5.81. The van der Waals surface area contributed by atoms with Crippen LogP contribution in [-0.2, 0) is 22.6 Å². The van der Waals surface area contributed by atoms with Crippen molar-refractivity contribution in [1.82, 2.24) is 10.6 Å². The van der Waals surface area contributed by atoms with Crippen molar-refractivity contribution in [3.63, 3.8) is 0 Å². The summed E-state index contributed by atoms with van der Waals surface area (Å²) in [5.41, 5.74) is 1.87. The first-order chi connectivity index (χ1) is 12.6. The maximum Gasteiger partial charge on any atom is 0.229 e. The van der Waals surface area contributed by atoms with Gasteiger partial charge in [0.05, 0.1) is 14.2 Å². The molecule has 0 aromatic heterocycles. The number of benzene rings is 2. The van der Waals surface area contributed by atoms with Gasteiger partial charge in [-0.2, -0.15) is 0 Å². The van der Waals surface area contributed by atoms with Gasteiger partial charge in [0.15, 0.2) is 0 Å². The van der Waals surface area contributed by atoms with Gasteiger partial charge in [-0.3, -0.25) is 9.59 Å². The number of hydrogen-bond donors (Lipinski definition) is 2. The summed E-state index contributed by atoms with van der Waals surface area (Å²) in [4.78, 5) is 23.8. The quantitative estimate of drug-likeness (QED) is 0.675. The lowest BCUT2D eigenvalue weighted by Gasteiger charge is -2.10. The fourth-order valence-corrected chi connectivity index (χ4v) is 2.56. The molecule has 0 saturated carbocycles. The minimum absolute atomic E-state index is 0.207. The molecule has 2 amide bonds. The Balaban J connectivity index is 1.72. The molecule has 0 aliphatic heterocycles. The van der Waals surface area contributed by atoms with E-state index in [1.165, 1.54) is 0 Å². The van der Waals surface area contributed by atoms with E-state index < -0.39 is 0 Å². The maximum atomic E-state index is 11.9. The van der Waals surface area contributed by atoms with Crippen LogP contribution < -0.4 is 20.1 Å². The normalized spacial score (nSPS) is 10.1. The molecule has 0 aliphatic rings. The third-order valence-electron chi connectivity index (χ3n) is 3.90. The Morgan fingerprint density at radius 1 is 0.808 bits per heavy atom. The van der Waals surface area contributed by atoms with Crippen LogP contribution >= 0.6 is 0 Å². The first kappa shape index (κ1) is 19.3. The molecule has 2 aromatic rings. The average Bonchev–Trinajstić information content (AvgIpc) is 2.67. The highest BCUT2D eigenvalue weighted by Crippen LogP contribution is 2.17. The number of rotatable bonds is 9. The van der Waals surface area contributed by atoms with Gasteiger partial charge in [-0.1, -0.05) is 36.4 Å². The van der Waals surface area contributed by atoms with Crippen molar-refractivity contribution in [2.24, 2.45) is 0 Å². The van der Waals surface area contributed by atoms with E-state index in [9.17, 15) is 9.59 Å². The molecular formula is C20H24N2O4. The molecule has 0 aliphatic carbocycles. The molecule has 6 nitrogen and oxygen atoms in total. The van der Waals surface area contributed by atoms with Crippen LogP contribution in [-0.4, -0.2) is 32.6 Å². The highest BCUT2D eigenvalue weighted by Gasteiger charge is 2.10. The van der Waals surface area contributed by atoms with Crippen LogP contribution in [0.1, 0.15) is 17.5 Å². The number of carbonyl (C=O) groups is 2. The van der Waals surface area contributed by atoms with Crippen molar-refractivity contribution in [3.05, 3.63) is 59.7 Å². The minimum atomic E-state index is -0.328. The number of para-hydroxylation sites is 2. The standard InChI is InChI=1S/C20H24N2O4/c1-25-17-9-5-3-7-15(17)11-12-21-19(23)13-20(24)22-14-16-8-4-6-10-18(16)26-2/h3-10H,11-14H2,1-2H3,(H,21,23)(H,22,24). The van der Waals surface area contributed by atoms with Gasteiger partial charge in [0.2, 0.25) is 11.8 Å². The molecule has 0 radical (unpaired) electrons. The zero-order valence-electron chi connectivity index (χ0n) is 15.1. The Kier molecular flexibility index (Phi) is 7.49. The van der Waals surface area contributed by atoms with Gasteiger partial charge >= 0.3 is 0 Å². The SMILES string of the molecule is COc1ccccc1CCNC(=O)CC(=O)NCc1ccccc1OC. The van der Waals surface area contributed by atoms with Crippen molar-refractivity contribution in [2.75, 3.05) is 20.8 Å². The molecule has 6 heteroatoms. The van der Waals surface area contributed by atoms with E-state index in [0.717, 1.165) is 16.9 Å². The van der Waals surface area contributed by atoms with Gasteiger partial charge in [-0.05, 0) is 24.1 Å². The van der Waals surface area contributed by atoms with Crippen LogP contribution in [0.15, 0.2) is 48.5 Å². The zero-order chi connectivity index (χ0) is 18.8. The Morgan fingerprint density at radius 2 is 1.35 bits per heavy atom. The Morgan fingerprint density at radius 3 is 2.00 bits per heavy atom. The fraction of sp³-hybridized carbons (Fsp3) is 0.300. The maximum absolute atomic E-state index is 11.9. The summed E-state index contributed by atoms with van der Waals surface area (Å²) in [6, 6.07) is 15.1. The molecular weight excluding hydrogens is 332 g/mol. The molecule has 2 N–H and O–H groups in total. The predicted molar refractivity (Wildman–Crippen MR) is 99.2 cm³/mol. The highest BCUT2D eigenvalue weighted by atomic mass is 16.5. The fourth-order valence-electron chi connectivity index (χ4n) is 2.56. The lowest BCUT2D eigenvalue weighted by Crippen LogP contribution is -2.32. The summed E-state index contributed by atoms with van der Waals surface area (Å²) in [5, 5.41) is 5.49. The van der Waals surface area contributed by atoms with Gasteiger partial charge in [0.25, 0.3) is 0 Å². The van der Waals surface area contributed by atoms with Crippen LogP contribution in [0.25, 0.3) is 0 Å². The predicted octanol–water partition coefficient (Wildman–Crippen LogP) is 2.07. The summed E-state index contributed by atoms with van der Waals surface area (Å²) >= 11 is 0. The smallest absolute Gasteiger partial charge is 0.229 e. The number of ether oxygens (including phenoxy) is 2. The minimum Gasteiger partial charge on any atom is -0.496 e. The number of nitrogens with one attached hydrogen (secondary N) is 2. The Labute approximate surface area is 153 Å². The van der Waals surface area contributed by atoms with Crippen molar-refractivity contribution < 1.29 is 19.1 Å². The highest BCUT2D eigenvalue weighted by molar-refractivity contribution is 5.96. The Bertz CT molecular complexity index is 746. The number of methoxy groups -OCH3 is 2. The van der Waals surface area contributed by atoms with E-state index in [1.54, 1.807) is 14.2 Å². The third-order valence-corrected chi connectivity index (χ3v) is 3.90. The van der Waals surface area contributed by atoms with Crippen LogP contribution in [0.5, 0.6) is 11.5 Å². The van der Waals surface area contributed by atoms with Crippen LogP contribution in [0.2, 0.25) is 0 Å².